The molecule has 0 radical (unpaired) electrons. The van der Waals surface area contributed by atoms with Crippen molar-refractivity contribution in [2.24, 2.45) is 0 Å². The zero-order valence-corrected chi connectivity index (χ0v) is 12.1. The summed E-state index contributed by atoms with van der Waals surface area (Å²) in [6.45, 7) is 3.85. The van der Waals surface area contributed by atoms with E-state index in [4.69, 9.17) is 0 Å². The van der Waals surface area contributed by atoms with Gasteiger partial charge in [-0.1, -0.05) is 39.7 Å². The average Bonchev–Trinajstić information content (AvgIpc) is 2.37. The summed E-state index contributed by atoms with van der Waals surface area (Å²) in [6, 6.07) is 7.87. The van der Waals surface area contributed by atoms with Crippen molar-refractivity contribution in [1.82, 2.24) is 0 Å². The third-order valence-electron chi connectivity index (χ3n) is 3.01. The molecule has 100 valence electrons. The van der Waals surface area contributed by atoms with Crippen LogP contribution in [0.5, 0.6) is 0 Å². The number of hydrogen-bond acceptors (Lipinski definition) is 0. The highest BCUT2D eigenvalue weighted by Crippen LogP contribution is 2.34. The van der Waals surface area contributed by atoms with Crippen molar-refractivity contribution in [3.05, 3.63) is 70.0 Å². The summed E-state index contributed by atoms with van der Waals surface area (Å²) in [5, 5.41) is 0. The van der Waals surface area contributed by atoms with E-state index in [1.807, 2.05) is 32.0 Å². The molecular formula is C15H12BrF3. The van der Waals surface area contributed by atoms with Gasteiger partial charge in [-0.3, -0.25) is 0 Å². The molecule has 0 aliphatic rings. The van der Waals surface area contributed by atoms with Gasteiger partial charge in [0, 0.05) is 0 Å². The molecule has 0 aliphatic carbocycles. The number of hydrogen-bond donors (Lipinski definition) is 0. The largest absolute Gasteiger partial charge is 0.204 e. The Labute approximate surface area is 118 Å². The smallest absolute Gasteiger partial charge is 0.194 e. The molecular weight excluding hydrogens is 317 g/mol. The lowest BCUT2D eigenvalue weighted by Gasteiger charge is -2.15. The van der Waals surface area contributed by atoms with Crippen molar-refractivity contribution in [3.63, 3.8) is 0 Å². The first-order valence-corrected chi connectivity index (χ1v) is 6.67. The topological polar surface area (TPSA) is 0 Å². The van der Waals surface area contributed by atoms with Gasteiger partial charge in [-0.15, -0.1) is 0 Å². The molecule has 2 rings (SSSR count). The van der Waals surface area contributed by atoms with Gasteiger partial charge in [0.25, 0.3) is 0 Å². The molecule has 0 aromatic heterocycles. The van der Waals surface area contributed by atoms with Crippen LogP contribution in [0.2, 0.25) is 0 Å². The van der Waals surface area contributed by atoms with Gasteiger partial charge in [0.05, 0.1) is 4.83 Å². The van der Waals surface area contributed by atoms with E-state index in [0.717, 1.165) is 28.8 Å². The predicted molar refractivity (Wildman–Crippen MR) is 73.0 cm³/mol. The van der Waals surface area contributed by atoms with Gasteiger partial charge in [0.15, 0.2) is 17.5 Å². The van der Waals surface area contributed by atoms with Gasteiger partial charge in [0.1, 0.15) is 0 Å². The first kappa shape index (κ1) is 14.1. The number of halogens is 4. The van der Waals surface area contributed by atoms with E-state index in [1.54, 1.807) is 0 Å². The highest BCUT2D eigenvalue weighted by atomic mass is 79.9. The molecule has 0 saturated carbocycles. The summed E-state index contributed by atoms with van der Waals surface area (Å²) >= 11 is 3.42. The third-order valence-corrected chi connectivity index (χ3v) is 4.03. The second-order valence-electron chi connectivity index (χ2n) is 4.52. The number of benzene rings is 2. The molecule has 0 heterocycles. The number of alkyl halides is 1. The maximum atomic E-state index is 13.3. The first-order valence-electron chi connectivity index (χ1n) is 5.76. The molecule has 0 nitrogen and oxygen atoms in total. The molecule has 4 heteroatoms. The van der Waals surface area contributed by atoms with E-state index in [9.17, 15) is 13.2 Å². The Morgan fingerprint density at radius 2 is 1.53 bits per heavy atom. The van der Waals surface area contributed by atoms with Crippen molar-refractivity contribution in [3.8, 4) is 0 Å². The highest BCUT2D eigenvalue weighted by Gasteiger charge is 2.18. The molecule has 0 bridgehead atoms. The van der Waals surface area contributed by atoms with Crippen LogP contribution >= 0.6 is 15.9 Å². The van der Waals surface area contributed by atoms with E-state index in [2.05, 4.69) is 15.9 Å². The summed E-state index contributed by atoms with van der Waals surface area (Å²) in [5.41, 5.74) is 3.31. The molecule has 0 saturated heterocycles. The van der Waals surface area contributed by atoms with Crippen LogP contribution in [0.25, 0.3) is 0 Å². The second kappa shape index (κ2) is 5.37. The quantitative estimate of drug-likeness (QED) is 0.524. The first-order chi connectivity index (χ1) is 8.90. The van der Waals surface area contributed by atoms with E-state index in [-0.39, 0.29) is 4.83 Å². The van der Waals surface area contributed by atoms with Crippen molar-refractivity contribution in [1.29, 1.82) is 0 Å². The van der Waals surface area contributed by atoms with Crippen LogP contribution in [0.15, 0.2) is 30.3 Å². The Kier molecular flexibility index (Phi) is 3.99. The highest BCUT2D eigenvalue weighted by molar-refractivity contribution is 9.09. The van der Waals surface area contributed by atoms with Crippen molar-refractivity contribution >= 4 is 15.9 Å². The lowest BCUT2D eigenvalue weighted by atomic mass is 9.98. The summed E-state index contributed by atoms with van der Waals surface area (Å²) in [4.78, 5) is -0.378. The molecule has 1 unspecified atom stereocenters. The minimum Gasteiger partial charge on any atom is -0.204 e. The molecule has 0 spiro atoms. The SMILES string of the molecule is Cc1ccc(C)c(C(Br)c2cc(F)c(F)c(F)c2)c1. The summed E-state index contributed by atoms with van der Waals surface area (Å²) < 4.78 is 39.5. The molecule has 0 amide bonds. The fourth-order valence-corrected chi connectivity index (χ4v) is 2.69. The third kappa shape index (κ3) is 2.84. The maximum Gasteiger partial charge on any atom is 0.194 e. The van der Waals surface area contributed by atoms with Gasteiger partial charge in [0.2, 0.25) is 0 Å². The maximum absolute atomic E-state index is 13.3. The Balaban J connectivity index is 2.49. The predicted octanol–water partition coefficient (Wildman–Crippen LogP) is 5.21. The van der Waals surface area contributed by atoms with E-state index >= 15 is 0 Å². The Bertz CT molecular complexity index is 600. The van der Waals surface area contributed by atoms with Crippen LogP contribution in [0.1, 0.15) is 27.1 Å². The van der Waals surface area contributed by atoms with Crippen molar-refractivity contribution in [2.75, 3.05) is 0 Å². The monoisotopic (exact) mass is 328 g/mol. The van der Waals surface area contributed by atoms with Crippen LogP contribution < -0.4 is 0 Å². The molecule has 2 aromatic carbocycles. The normalized spacial score (nSPS) is 12.5. The molecule has 0 N–H and O–H groups in total. The standard InChI is InChI=1S/C15H12BrF3/c1-8-3-4-9(2)11(5-8)14(16)10-6-12(17)15(19)13(18)7-10/h3-7,14H,1-2H3. The Morgan fingerprint density at radius 1 is 0.947 bits per heavy atom. The van der Waals surface area contributed by atoms with Gasteiger partial charge >= 0.3 is 0 Å². The van der Waals surface area contributed by atoms with E-state index < -0.39 is 17.5 Å². The van der Waals surface area contributed by atoms with Gasteiger partial charge in [-0.05, 0) is 42.7 Å². The Hall–Kier alpha value is -1.29. The number of rotatable bonds is 2. The minimum atomic E-state index is -1.44. The molecule has 1 atom stereocenters. The van der Waals surface area contributed by atoms with E-state index in [1.165, 1.54) is 0 Å². The Morgan fingerprint density at radius 3 is 2.11 bits per heavy atom. The minimum absolute atomic E-state index is 0.352. The lowest BCUT2D eigenvalue weighted by Crippen LogP contribution is -2.00. The molecule has 19 heavy (non-hydrogen) atoms. The van der Waals surface area contributed by atoms with Crippen molar-refractivity contribution < 1.29 is 13.2 Å². The van der Waals surface area contributed by atoms with Gasteiger partial charge in [-0.25, -0.2) is 13.2 Å². The van der Waals surface area contributed by atoms with Crippen LogP contribution in [0, 0.1) is 31.3 Å². The van der Waals surface area contributed by atoms with E-state index in [0.29, 0.717) is 5.56 Å². The van der Waals surface area contributed by atoms with Crippen LogP contribution in [0.3, 0.4) is 0 Å². The molecule has 2 aromatic rings. The van der Waals surface area contributed by atoms with Crippen LogP contribution in [0.4, 0.5) is 13.2 Å². The zero-order chi connectivity index (χ0) is 14.2. The van der Waals surface area contributed by atoms with Crippen LogP contribution in [-0.2, 0) is 0 Å². The zero-order valence-electron chi connectivity index (χ0n) is 10.5. The van der Waals surface area contributed by atoms with Gasteiger partial charge in [-0.2, -0.15) is 0 Å². The lowest BCUT2D eigenvalue weighted by molar-refractivity contribution is 0.445. The fourth-order valence-electron chi connectivity index (χ4n) is 1.93. The summed E-state index contributed by atoms with van der Waals surface area (Å²) in [7, 11) is 0. The molecule has 0 fully saturated rings. The van der Waals surface area contributed by atoms with Crippen molar-refractivity contribution in [2.45, 2.75) is 18.7 Å². The average molecular weight is 329 g/mol. The summed E-state index contributed by atoms with van der Waals surface area (Å²) in [6.07, 6.45) is 0. The fraction of sp³-hybridized carbons (Fsp3) is 0.200. The van der Waals surface area contributed by atoms with Crippen LogP contribution in [-0.4, -0.2) is 0 Å². The second-order valence-corrected chi connectivity index (χ2v) is 5.44. The van der Waals surface area contributed by atoms with Gasteiger partial charge < -0.3 is 0 Å². The summed E-state index contributed by atoms with van der Waals surface area (Å²) in [5.74, 6) is -3.79. The molecule has 0 aliphatic heterocycles. The number of aryl methyl sites for hydroxylation is 2.